The summed E-state index contributed by atoms with van der Waals surface area (Å²) in [6, 6.07) is 44.8. The molecule has 2 heterocycles. The number of halogens is 1. The van der Waals surface area contributed by atoms with Crippen LogP contribution in [0.15, 0.2) is 132 Å². The minimum atomic E-state index is -0.0891. The standard InChI is InChI=1S/C36H23ClN2S/c37-26-19-24(31-21-23-12-4-5-13-27(23)28-14-6-7-15-29(28)31)18-25(20-26)36-38-33(22-10-2-1-3-11-22)35-34(39-36)30-16-8-9-17-32(30)40-35/h1-21,33H,(H,38,39). The van der Waals surface area contributed by atoms with E-state index >= 15 is 0 Å². The number of rotatable bonds is 3. The molecule has 0 bridgehead atoms. The van der Waals surface area contributed by atoms with E-state index in [2.05, 4.69) is 127 Å². The van der Waals surface area contributed by atoms with Gasteiger partial charge in [0.1, 0.15) is 11.9 Å². The summed E-state index contributed by atoms with van der Waals surface area (Å²) in [6.07, 6.45) is 0. The molecule has 190 valence electrons. The Hall–Kier alpha value is -4.44. The van der Waals surface area contributed by atoms with Crippen LogP contribution in [0.1, 0.15) is 22.0 Å². The average Bonchev–Trinajstić information content (AvgIpc) is 3.39. The van der Waals surface area contributed by atoms with Gasteiger partial charge in [-0.05, 0) is 68.6 Å². The monoisotopic (exact) mass is 550 g/mol. The number of benzene rings is 6. The molecule has 1 unspecified atom stereocenters. The van der Waals surface area contributed by atoms with Gasteiger partial charge in [0.15, 0.2) is 0 Å². The molecule has 4 heteroatoms. The number of hydrogen-bond donors (Lipinski definition) is 1. The largest absolute Gasteiger partial charge is 0.339 e. The van der Waals surface area contributed by atoms with Crippen molar-refractivity contribution in [3.05, 3.63) is 148 Å². The first kappa shape index (κ1) is 23.4. The maximum Gasteiger partial charge on any atom is 0.133 e. The molecule has 1 N–H and O–H groups in total. The summed E-state index contributed by atoms with van der Waals surface area (Å²) in [5.74, 6) is 0.832. The number of amidine groups is 1. The third kappa shape index (κ3) is 3.82. The minimum Gasteiger partial charge on any atom is -0.339 e. The van der Waals surface area contributed by atoms with E-state index in [0.717, 1.165) is 28.2 Å². The van der Waals surface area contributed by atoms with Crippen LogP contribution < -0.4 is 5.32 Å². The Kier molecular flexibility index (Phi) is 5.47. The van der Waals surface area contributed by atoms with Crippen LogP contribution in [0.2, 0.25) is 5.02 Å². The van der Waals surface area contributed by atoms with E-state index in [1.54, 1.807) is 0 Å². The van der Waals surface area contributed by atoms with Crippen LogP contribution in [0.25, 0.3) is 42.8 Å². The molecule has 0 saturated carbocycles. The first-order chi connectivity index (χ1) is 19.7. The third-order valence-electron chi connectivity index (χ3n) is 7.74. The van der Waals surface area contributed by atoms with Crippen LogP contribution in [0.3, 0.4) is 0 Å². The lowest BCUT2D eigenvalue weighted by Gasteiger charge is -2.24. The summed E-state index contributed by atoms with van der Waals surface area (Å²) in [6.45, 7) is 0. The molecule has 7 aromatic rings. The molecule has 40 heavy (non-hydrogen) atoms. The van der Waals surface area contributed by atoms with Crippen LogP contribution in [0.4, 0.5) is 5.69 Å². The SMILES string of the molecule is Clc1cc(C2=NC(c3ccccc3)c3sc4ccccc4c3N2)cc(-c2cc3ccccc3c3ccccc23)c1. The predicted molar refractivity (Wildman–Crippen MR) is 172 cm³/mol. The van der Waals surface area contributed by atoms with Crippen LogP contribution in [0.5, 0.6) is 0 Å². The van der Waals surface area contributed by atoms with E-state index in [-0.39, 0.29) is 6.04 Å². The Morgan fingerprint density at radius 3 is 2.15 bits per heavy atom. The number of thiophene rings is 1. The van der Waals surface area contributed by atoms with Crippen LogP contribution in [-0.4, -0.2) is 5.84 Å². The zero-order valence-corrected chi connectivity index (χ0v) is 23.0. The number of hydrogen-bond acceptors (Lipinski definition) is 3. The number of anilines is 1. The van der Waals surface area contributed by atoms with Crippen LogP contribution in [-0.2, 0) is 0 Å². The molecule has 0 saturated heterocycles. The lowest BCUT2D eigenvalue weighted by Crippen LogP contribution is -2.21. The van der Waals surface area contributed by atoms with Gasteiger partial charge in [-0.3, -0.25) is 4.99 Å². The van der Waals surface area contributed by atoms with Crippen molar-refractivity contribution >= 4 is 66.1 Å². The van der Waals surface area contributed by atoms with Crippen molar-refractivity contribution in [1.29, 1.82) is 0 Å². The van der Waals surface area contributed by atoms with Crippen molar-refractivity contribution in [2.24, 2.45) is 4.99 Å². The van der Waals surface area contributed by atoms with Crippen LogP contribution >= 0.6 is 22.9 Å². The Labute approximate surface area is 241 Å². The van der Waals surface area contributed by atoms with Gasteiger partial charge >= 0.3 is 0 Å². The lowest BCUT2D eigenvalue weighted by atomic mass is 9.92. The molecule has 0 aliphatic carbocycles. The van der Waals surface area contributed by atoms with Crippen molar-refractivity contribution in [3.63, 3.8) is 0 Å². The maximum absolute atomic E-state index is 6.84. The van der Waals surface area contributed by atoms with Gasteiger partial charge < -0.3 is 5.32 Å². The van der Waals surface area contributed by atoms with E-state index in [1.165, 1.54) is 42.1 Å². The van der Waals surface area contributed by atoms with Gasteiger partial charge in [-0.1, -0.05) is 109 Å². The van der Waals surface area contributed by atoms with Gasteiger partial charge in [0.2, 0.25) is 0 Å². The van der Waals surface area contributed by atoms with Gasteiger partial charge in [-0.15, -0.1) is 11.3 Å². The Morgan fingerprint density at radius 2 is 1.30 bits per heavy atom. The highest BCUT2D eigenvalue weighted by molar-refractivity contribution is 7.20. The molecule has 1 aliphatic rings. The highest BCUT2D eigenvalue weighted by Gasteiger charge is 2.28. The van der Waals surface area contributed by atoms with Gasteiger partial charge in [-0.2, -0.15) is 0 Å². The minimum absolute atomic E-state index is 0.0891. The quantitative estimate of drug-likeness (QED) is 0.217. The second-order valence-electron chi connectivity index (χ2n) is 10.2. The molecule has 0 amide bonds. The van der Waals surface area contributed by atoms with Crippen molar-refractivity contribution in [2.45, 2.75) is 6.04 Å². The van der Waals surface area contributed by atoms with E-state index in [4.69, 9.17) is 16.6 Å². The zero-order valence-electron chi connectivity index (χ0n) is 21.4. The normalized spacial score (nSPS) is 14.7. The van der Waals surface area contributed by atoms with E-state index in [9.17, 15) is 0 Å². The summed E-state index contributed by atoms with van der Waals surface area (Å²) in [4.78, 5) is 6.54. The number of aliphatic imine (C=N–C) groups is 1. The van der Waals surface area contributed by atoms with Crippen molar-refractivity contribution in [1.82, 2.24) is 0 Å². The molecule has 1 aliphatic heterocycles. The van der Waals surface area contributed by atoms with Gasteiger partial charge in [0.25, 0.3) is 0 Å². The molecular weight excluding hydrogens is 528 g/mol. The molecule has 1 atom stereocenters. The Morgan fingerprint density at radius 1 is 0.625 bits per heavy atom. The maximum atomic E-state index is 6.84. The van der Waals surface area contributed by atoms with Crippen molar-refractivity contribution in [2.75, 3.05) is 5.32 Å². The molecule has 2 nitrogen and oxygen atoms in total. The Balaban J connectivity index is 1.33. The molecule has 0 spiro atoms. The van der Waals surface area contributed by atoms with Gasteiger partial charge in [0, 0.05) is 20.7 Å². The number of nitrogens with zero attached hydrogens (tertiary/aromatic N) is 1. The molecule has 6 aromatic carbocycles. The topological polar surface area (TPSA) is 24.4 Å². The summed E-state index contributed by atoms with van der Waals surface area (Å²) in [7, 11) is 0. The van der Waals surface area contributed by atoms with E-state index < -0.39 is 0 Å². The van der Waals surface area contributed by atoms with E-state index in [0.29, 0.717) is 5.02 Å². The highest BCUT2D eigenvalue weighted by Crippen LogP contribution is 2.46. The van der Waals surface area contributed by atoms with E-state index in [1.807, 2.05) is 17.4 Å². The fourth-order valence-electron chi connectivity index (χ4n) is 5.91. The van der Waals surface area contributed by atoms with Crippen molar-refractivity contribution < 1.29 is 0 Å². The summed E-state index contributed by atoms with van der Waals surface area (Å²) >= 11 is 8.65. The van der Waals surface area contributed by atoms with Crippen molar-refractivity contribution in [3.8, 4) is 11.1 Å². The third-order valence-corrected chi connectivity index (χ3v) is 9.18. The van der Waals surface area contributed by atoms with Gasteiger partial charge in [0.05, 0.1) is 10.6 Å². The van der Waals surface area contributed by atoms with Gasteiger partial charge in [-0.25, -0.2) is 0 Å². The second-order valence-corrected chi connectivity index (χ2v) is 11.7. The smallest absolute Gasteiger partial charge is 0.133 e. The fourth-order valence-corrected chi connectivity index (χ4v) is 7.37. The molecule has 0 fully saturated rings. The lowest BCUT2D eigenvalue weighted by molar-refractivity contribution is 0.886. The number of fused-ring (bicyclic) bond motifs is 6. The van der Waals surface area contributed by atoms with Crippen LogP contribution in [0, 0.1) is 0 Å². The predicted octanol–water partition coefficient (Wildman–Crippen LogP) is 10.5. The molecular formula is C36H23ClN2S. The number of nitrogens with one attached hydrogen (secondary N) is 1. The molecule has 8 rings (SSSR count). The molecule has 0 radical (unpaired) electrons. The zero-order chi connectivity index (χ0) is 26.6. The summed E-state index contributed by atoms with van der Waals surface area (Å²) in [5.41, 5.74) is 5.53. The second kappa shape index (κ2) is 9.34. The first-order valence-corrected chi connectivity index (χ1v) is 14.6. The summed E-state index contributed by atoms with van der Waals surface area (Å²) < 4.78 is 1.26. The highest BCUT2D eigenvalue weighted by atomic mass is 35.5. The molecule has 1 aromatic heterocycles. The first-order valence-electron chi connectivity index (χ1n) is 13.4. The summed E-state index contributed by atoms with van der Waals surface area (Å²) in [5, 5.41) is 10.5. The Bertz CT molecular complexity index is 2110. The average molecular weight is 551 g/mol. The fraction of sp³-hybridized carbons (Fsp3) is 0.0278.